The van der Waals surface area contributed by atoms with Gasteiger partial charge >= 0.3 is 0 Å². The molecule has 0 spiro atoms. The van der Waals surface area contributed by atoms with Crippen molar-refractivity contribution in [2.24, 2.45) is 0 Å². The van der Waals surface area contributed by atoms with E-state index in [4.69, 9.17) is 10.3 Å². The van der Waals surface area contributed by atoms with Gasteiger partial charge < -0.3 is 10.3 Å². The normalized spacial score (nSPS) is 10.7. The molecule has 100 valence electrons. The standard InChI is InChI=1S/C15H12FN3O/c1-9-3-2-4-10(5-9)13-14(20-19-15(13)17)11-6-12(16)8-18-7-11/h2-8H,1H3,(H2,17,19). The number of nitrogens with zero attached hydrogens (tertiary/aromatic N) is 2. The third-order valence-electron chi connectivity index (χ3n) is 2.99. The number of pyridine rings is 1. The van der Waals surface area contributed by atoms with Gasteiger partial charge in [0.05, 0.1) is 11.8 Å². The van der Waals surface area contributed by atoms with Gasteiger partial charge in [-0.15, -0.1) is 0 Å². The van der Waals surface area contributed by atoms with Crippen LogP contribution in [0, 0.1) is 12.7 Å². The van der Waals surface area contributed by atoms with Crippen molar-refractivity contribution in [1.82, 2.24) is 10.1 Å². The molecular formula is C15H12FN3O. The predicted octanol–water partition coefficient (Wildman–Crippen LogP) is 3.43. The van der Waals surface area contributed by atoms with Crippen molar-refractivity contribution in [2.75, 3.05) is 5.73 Å². The van der Waals surface area contributed by atoms with Crippen LogP contribution >= 0.6 is 0 Å². The number of benzene rings is 1. The minimum atomic E-state index is -0.437. The molecule has 3 rings (SSSR count). The molecule has 1 aromatic carbocycles. The monoisotopic (exact) mass is 269 g/mol. The van der Waals surface area contributed by atoms with E-state index >= 15 is 0 Å². The average molecular weight is 269 g/mol. The summed E-state index contributed by atoms with van der Waals surface area (Å²) in [6.07, 6.45) is 2.65. The molecule has 0 saturated carbocycles. The number of aryl methyl sites for hydroxylation is 1. The Morgan fingerprint density at radius 3 is 2.75 bits per heavy atom. The first-order chi connectivity index (χ1) is 9.65. The highest BCUT2D eigenvalue weighted by molar-refractivity contribution is 5.86. The van der Waals surface area contributed by atoms with E-state index < -0.39 is 5.82 Å². The van der Waals surface area contributed by atoms with Crippen LogP contribution in [0.1, 0.15) is 5.56 Å². The van der Waals surface area contributed by atoms with Gasteiger partial charge in [0.1, 0.15) is 5.82 Å². The van der Waals surface area contributed by atoms with Crippen molar-refractivity contribution in [3.63, 3.8) is 0 Å². The first kappa shape index (κ1) is 12.3. The summed E-state index contributed by atoms with van der Waals surface area (Å²) in [7, 11) is 0. The van der Waals surface area contributed by atoms with E-state index in [1.54, 1.807) is 0 Å². The molecule has 3 aromatic rings. The van der Waals surface area contributed by atoms with Gasteiger partial charge in [-0.25, -0.2) is 4.39 Å². The molecule has 0 aliphatic carbocycles. The molecule has 0 atom stereocenters. The maximum atomic E-state index is 13.3. The lowest BCUT2D eigenvalue weighted by molar-refractivity contribution is 0.435. The Bertz CT molecular complexity index is 767. The molecule has 0 amide bonds. The Kier molecular flexibility index (Phi) is 2.95. The molecule has 20 heavy (non-hydrogen) atoms. The van der Waals surface area contributed by atoms with Gasteiger partial charge in [-0.3, -0.25) is 4.98 Å². The first-order valence-electron chi connectivity index (χ1n) is 6.08. The molecule has 0 unspecified atom stereocenters. The molecule has 2 heterocycles. The number of halogens is 1. The van der Waals surface area contributed by atoms with Crippen LogP contribution in [0.3, 0.4) is 0 Å². The fourth-order valence-corrected chi connectivity index (χ4v) is 2.12. The van der Waals surface area contributed by atoms with Crippen molar-refractivity contribution in [3.05, 3.63) is 54.1 Å². The van der Waals surface area contributed by atoms with Gasteiger partial charge in [0.15, 0.2) is 11.6 Å². The number of hydrogen-bond acceptors (Lipinski definition) is 4. The highest BCUT2D eigenvalue weighted by atomic mass is 19.1. The van der Waals surface area contributed by atoms with E-state index in [0.29, 0.717) is 16.9 Å². The van der Waals surface area contributed by atoms with E-state index in [0.717, 1.165) is 17.3 Å². The molecule has 0 aliphatic heterocycles. The van der Waals surface area contributed by atoms with Crippen molar-refractivity contribution in [3.8, 4) is 22.5 Å². The molecule has 0 saturated heterocycles. The first-order valence-corrected chi connectivity index (χ1v) is 6.08. The number of hydrogen-bond donors (Lipinski definition) is 1. The maximum Gasteiger partial charge on any atom is 0.178 e. The van der Waals surface area contributed by atoms with Crippen molar-refractivity contribution >= 4 is 5.82 Å². The number of nitrogens with two attached hydrogens (primary N) is 1. The summed E-state index contributed by atoms with van der Waals surface area (Å²) in [6, 6.07) is 9.12. The highest BCUT2D eigenvalue weighted by Crippen LogP contribution is 2.36. The lowest BCUT2D eigenvalue weighted by atomic mass is 10.0. The quantitative estimate of drug-likeness (QED) is 0.774. The van der Waals surface area contributed by atoms with Crippen LogP contribution in [0.25, 0.3) is 22.5 Å². The van der Waals surface area contributed by atoms with Gasteiger partial charge in [-0.1, -0.05) is 35.0 Å². The van der Waals surface area contributed by atoms with E-state index in [-0.39, 0.29) is 5.82 Å². The van der Waals surface area contributed by atoms with Crippen LogP contribution in [-0.2, 0) is 0 Å². The minimum absolute atomic E-state index is 0.273. The molecule has 0 radical (unpaired) electrons. The lowest BCUT2D eigenvalue weighted by Crippen LogP contribution is -1.90. The second-order valence-corrected chi connectivity index (χ2v) is 4.53. The minimum Gasteiger partial charge on any atom is -0.380 e. The van der Waals surface area contributed by atoms with Crippen LogP contribution < -0.4 is 5.73 Å². The summed E-state index contributed by atoms with van der Waals surface area (Å²) in [6.45, 7) is 1.98. The van der Waals surface area contributed by atoms with Crippen LogP contribution in [0.15, 0.2) is 47.2 Å². The van der Waals surface area contributed by atoms with E-state index in [1.165, 1.54) is 12.3 Å². The Hall–Kier alpha value is -2.69. The average Bonchev–Trinajstić information content (AvgIpc) is 2.80. The van der Waals surface area contributed by atoms with Crippen molar-refractivity contribution < 1.29 is 8.91 Å². The van der Waals surface area contributed by atoms with E-state index in [1.807, 2.05) is 31.2 Å². The molecule has 0 aliphatic rings. The second-order valence-electron chi connectivity index (χ2n) is 4.53. The van der Waals surface area contributed by atoms with Crippen molar-refractivity contribution in [2.45, 2.75) is 6.92 Å². The highest BCUT2D eigenvalue weighted by Gasteiger charge is 2.18. The van der Waals surface area contributed by atoms with Gasteiger partial charge in [0.2, 0.25) is 0 Å². The van der Waals surface area contributed by atoms with E-state index in [9.17, 15) is 4.39 Å². The summed E-state index contributed by atoms with van der Waals surface area (Å²) in [5.41, 5.74) is 9.01. The van der Waals surface area contributed by atoms with Gasteiger partial charge in [0, 0.05) is 11.8 Å². The Morgan fingerprint density at radius 1 is 1.15 bits per heavy atom. The summed E-state index contributed by atoms with van der Waals surface area (Å²) in [4.78, 5) is 3.82. The molecule has 4 nitrogen and oxygen atoms in total. The molecule has 2 aromatic heterocycles. The maximum absolute atomic E-state index is 13.3. The van der Waals surface area contributed by atoms with Crippen LogP contribution in [0.4, 0.5) is 10.2 Å². The largest absolute Gasteiger partial charge is 0.380 e. The van der Waals surface area contributed by atoms with Crippen LogP contribution in [-0.4, -0.2) is 10.1 Å². The molecule has 0 fully saturated rings. The zero-order chi connectivity index (χ0) is 14.1. The zero-order valence-electron chi connectivity index (χ0n) is 10.8. The summed E-state index contributed by atoms with van der Waals surface area (Å²) < 4.78 is 18.6. The number of rotatable bonds is 2. The van der Waals surface area contributed by atoms with Gasteiger partial charge in [-0.2, -0.15) is 0 Å². The Balaban J connectivity index is 2.20. The fourth-order valence-electron chi connectivity index (χ4n) is 2.12. The third-order valence-corrected chi connectivity index (χ3v) is 2.99. The van der Waals surface area contributed by atoms with Gasteiger partial charge in [-0.05, 0) is 18.6 Å². The van der Waals surface area contributed by atoms with Crippen molar-refractivity contribution in [1.29, 1.82) is 0 Å². The van der Waals surface area contributed by atoms with Crippen LogP contribution in [0.2, 0.25) is 0 Å². The number of aromatic nitrogens is 2. The third kappa shape index (κ3) is 2.14. The SMILES string of the molecule is Cc1cccc(-c2c(N)noc2-c2cncc(F)c2)c1. The van der Waals surface area contributed by atoms with Gasteiger partial charge in [0.25, 0.3) is 0 Å². The summed E-state index contributed by atoms with van der Waals surface area (Å²) in [5, 5.41) is 3.78. The number of nitrogen functional groups attached to an aromatic ring is 1. The Morgan fingerprint density at radius 2 is 2.00 bits per heavy atom. The predicted molar refractivity (Wildman–Crippen MR) is 74.3 cm³/mol. The lowest BCUT2D eigenvalue weighted by Gasteiger charge is -2.03. The van der Waals surface area contributed by atoms with Crippen LogP contribution in [0.5, 0.6) is 0 Å². The molecule has 2 N–H and O–H groups in total. The fraction of sp³-hybridized carbons (Fsp3) is 0.0667. The topological polar surface area (TPSA) is 64.9 Å². The summed E-state index contributed by atoms with van der Waals surface area (Å²) >= 11 is 0. The molecule has 5 heteroatoms. The second kappa shape index (κ2) is 4.77. The Labute approximate surface area is 115 Å². The number of anilines is 1. The summed E-state index contributed by atoms with van der Waals surface area (Å²) in [5.74, 6) is 0.252. The molecular weight excluding hydrogens is 257 g/mol. The zero-order valence-corrected chi connectivity index (χ0v) is 10.8. The molecule has 0 bridgehead atoms. The van der Waals surface area contributed by atoms with E-state index in [2.05, 4.69) is 10.1 Å². The smallest absolute Gasteiger partial charge is 0.178 e.